The minimum absolute atomic E-state index is 0.194. The van der Waals surface area contributed by atoms with Crippen molar-refractivity contribution in [1.29, 1.82) is 0 Å². The molecule has 134 valence electrons. The molecule has 0 fully saturated rings. The fraction of sp³-hybridized carbons (Fsp3) is 0.350. The van der Waals surface area contributed by atoms with Crippen molar-refractivity contribution in [3.8, 4) is 11.5 Å². The van der Waals surface area contributed by atoms with Crippen LogP contribution in [0, 0.1) is 0 Å². The summed E-state index contributed by atoms with van der Waals surface area (Å²) in [5, 5.41) is 0. The minimum Gasteiger partial charge on any atom is -0.491 e. The Morgan fingerprint density at radius 1 is 0.960 bits per heavy atom. The van der Waals surface area contributed by atoms with Gasteiger partial charge in [-0.25, -0.2) is 0 Å². The van der Waals surface area contributed by atoms with Crippen LogP contribution in [0.2, 0.25) is 0 Å². The second-order valence-corrected chi connectivity index (χ2v) is 5.93. The first-order valence-corrected chi connectivity index (χ1v) is 8.62. The Morgan fingerprint density at radius 2 is 1.60 bits per heavy atom. The van der Waals surface area contributed by atoms with Crippen molar-refractivity contribution in [1.82, 2.24) is 5.43 Å². The molecule has 2 unspecified atom stereocenters. The molecule has 1 amide bonds. The Balaban J connectivity index is 1.79. The number of anilines is 1. The maximum atomic E-state index is 12.1. The van der Waals surface area contributed by atoms with Gasteiger partial charge in [0, 0.05) is 0 Å². The summed E-state index contributed by atoms with van der Waals surface area (Å²) in [6.07, 6.45) is 1.71. The van der Waals surface area contributed by atoms with Crippen molar-refractivity contribution in [2.24, 2.45) is 0 Å². The number of nitrogens with one attached hydrogen (secondary N) is 2. The van der Waals surface area contributed by atoms with Gasteiger partial charge in [0.25, 0.3) is 5.91 Å². The van der Waals surface area contributed by atoms with Crippen molar-refractivity contribution < 1.29 is 14.3 Å². The first-order valence-electron chi connectivity index (χ1n) is 8.62. The van der Waals surface area contributed by atoms with Crippen LogP contribution in [0.15, 0.2) is 54.6 Å². The summed E-state index contributed by atoms with van der Waals surface area (Å²) < 4.78 is 11.4. The van der Waals surface area contributed by atoms with E-state index in [1.54, 1.807) is 6.92 Å². The third-order valence-corrected chi connectivity index (χ3v) is 3.64. The SMILES string of the molecule is CCCC(C)Oc1ccc(NNC(=O)C(C)Oc2ccccc2)cc1. The van der Waals surface area contributed by atoms with E-state index >= 15 is 0 Å². The Labute approximate surface area is 149 Å². The van der Waals surface area contributed by atoms with Crippen LogP contribution in [-0.2, 0) is 4.79 Å². The Morgan fingerprint density at radius 3 is 2.24 bits per heavy atom. The molecular formula is C20H26N2O3. The number of ether oxygens (including phenoxy) is 2. The third-order valence-electron chi connectivity index (χ3n) is 3.64. The van der Waals surface area contributed by atoms with Crippen molar-refractivity contribution in [3.05, 3.63) is 54.6 Å². The first-order chi connectivity index (χ1) is 12.1. The van der Waals surface area contributed by atoms with Crippen LogP contribution in [0.5, 0.6) is 11.5 Å². The van der Waals surface area contributed by atoms with Crippen LogP contribution >= 0.6 is 0 Å². The zero-order chi connectivity index (χ0) is 18.1. The van der Waals surface area contributed by atoms with E-state index in [0.29, 0.717) is 5.75 Å². The van der Waals surface area contributed by atoms with E-state index < -0.39 is 6.10 Å². The zero-order valence-corrected chi connectivity index (χ0v) is 15.0. The molecule has 0 saturated heterocycles. The normalized spacial score (nSPS) is 12.8. The number of carbonyl (C=O) groups excluding carboxylic acids is 1. The van der Waals surface area contributed by atoms with Gasteiger partial charge in [-0.3, -0.25) is 15.6 Å². The topological polar surface area (TPSA) is 59.6 Å². The zero-order valence-electron chi connectivity index (χ0n) is 15.0. The molecule has 2 rings (SSSR count). The highest BCUT2D eigenvalue weighted by atomic mass is 16.5. The van der Waals surface area contributed by atoms with Gasteiger partial charge in [-0.15, -0.1) is 0 Å². The smallest absolute Gasteiger partial charge is 0.279 e. The number of hydrazine groups is 1. The van der Waals surface area contributed by atoms with Gasteiger partial charge in [0.05, 0.1) is 11.8 Å². The highest BCUT2D eigenvalue weighted by Crippen LogP contribution is 2.17. The summed E-state index contributed by atoms with van der Waals surface area (Å²) >= 11 is 0. The second kappa shape index (κ2) is 9.57. The number of hydrogen-bond donors (Lipinski definition) is 2. The minimum atomic E-state index is -0.604. The number of para-hydroxylation sites is 1. The van der Waals surface area contributed by atoms with E-state index in [0.717, 1.165) is 24.3 Å². The molecule has 25 heavy (non-hydrogen) atoms. The molecule has 2 aromatic carbocycles. The molecule has 0 spiro atoms. The van der Waals surface area contributed by atoms with Crippen molar-refractivity contribution >= 4 is 11.6 Å². The van der Waals surface area contributed by atoms with Crippen LogP contribution in [0.25, 0.3) is 0 Å². The lowest BCUT2D eigenvalue weighted by Crippen LogP contribution is -2.39. The van der Waals surface area contributed by atoms with Gasteiger partial charge >= 0.3 is 0 Å². The molecule has 0 heterocycles. The number of hydrogen-bond acceptors (Lipinski definition) is 4. The monoisotopic (exact) mass is 342 g/mol. The molecule has 0 bridgehead atoms. The Hall–Kier alpha value is -2.69. The lowest BCUT2D eigenvalue weighted by molar-refractivity contribution is -0.126. The Bertz CT molecular complexity index is 644. The number of benzene rings is 2. The van der Waals surface area contributed by atoms with Gasteiger partial charge in [-0.2, -0.15) is 0 Å². The maximum absolute atomic E-state index is 12.1. The van der Waals surface area contributed by atoms with E-state index in [-0.39, 0.29) is 12.0 Å². The average molecular weight is 342 g/mol. The molecule has 5 nitrogen and oxygen atoms in total. The van der Waals surface area contributed by atoms with Crippen molar-refractivity contribution in [2.75, 3.05) is 5.43 Å². The highest BCUT2D eigenvalue weighted by Gasteiger charge is 2.14. The third kappa shape index (κ3) is 6.37. The van der Waals surface area contributed by atoms with Crippen LogP contribution in [0.4, 0.5) is 5.69 Å². The molecule has 2 atom stereocenters. The molecule has 2 aromatic rings. The highest BCUT2D eigenvalue weighted by molar-refractivity contribution is 5.81. The largest absolute Gasteiger partial charge is 0.491 e. The summed E-state index contributed by atoms with van der Waals surface area (Å²) in [4.78, 5) is 12.1. The fourth-order valence-electron chi connectivity index (χ4n) is 2.31. The van der Waals surface area contributed by atoms with Gasteiger partial charge in [0.2, 0.25) is 0 Å². The van der Waals surface area contributed by atoms with E-state index in [9.17, 15) is 4.79 Å². The fourth-order valence-corrected chi connectivity index (χ4v) is 2.31. The van der Waals surface area contributed by atoms with Gasteiger partial charge in [0.15, 0.2) is 6.10 Å². The molecule has 0 aliphatic heterocycles. The average Bonchev–Trinajstić information content (AvgIpc) is 2.62. The number of carbonyl (C=O) groups is 1. The molecule has 2 N–H and O–H groups in total. The Kier molecular flexibility index (Phi) is 7.14. The standard InChI is InChI=1S/C20H26N2O3/c1-4-8-15(2)24-19-13-11-17(12-14-19)21-22-20(23)16(3)25-18-9-6-5-7-10-18/h5-7,9-16,21H,4,8H2,1-3H3,(H,22,23). The van der Waals surface area contributed by atoms with E-state index in [1.807, 2.05) is 54.6 Å². The number of amides is 1. The quantitative estimate of drug-likeness (QED) is 0.672. The summed E-state index contributed by atoms with van der Waals surface area (Å²) in [6, 6.07) is 16.7. The van der Waals surface area contributed by atoms with Crippen LogP contribution in [0.1, 0.15) is 33.6 Å². The van der Waals surface area contributed by atoms with Gasteiger partial charge < -0.3 is 9.47 Å². The van der Waals surface area contributed by atoms with Gasteiger partial charge in [0.1, 0.15) is 11.5 Å². The first kappa shape index (κ1) is 18.6. The number of rotatable bonds is 9. The maximum Gasteiger partial charge on any atom is 0.279 e. The summed E-state index contributed by atoms with van der Waals surface area (Å²) in [5.41, 5.74) is 6.30. The molecule has 0 aliphatic rings. The second-order valence-electron chi connectivity index (χ2n) is 5.93. The molecular weight excluding hydrogens is 316 g/mol. The van der Waals surface area contributed by atoms with Crippen molar-refractivity contribution in [3.63, 3.8) is 0 Å². The van der Waals surface area contributed by atoms with Crippen LogP contribution in [-0.4, -0.2) is 18.1 Å². The van der Waals surface area contributed by atoms with Crippen LogP contribution in [0.3, 0.4) is 0 Å². The lowest BCUT2D eigenvalue weighted by Gasteiger charge is -2.16. The van der Waals surface area contributed by atoms with E-state index in [2.05, 4.69) is 24.7 Å². The molecule has 0 radical (unpaired) electrons. The van der Waals surface area contributed by atoms with Gasteiger partial charge in [-0.1, -0.05) is 31.5 Å². The molecule has 0 aromatic heterocycles. The summed E-state index contributed by atoms with van der Waals surface area (Å²) in [5.74, 6) is 1.23. The summed E-state index contributed by atoms with van der Waals surface area (Å²) in [7, 11) is 0. The predicted molar refractivity (Wildman–Crippen MR) is 99.7 cm³/mol. The van der Waals surface area contributed by atoms with Gasteiger partial charge in [-0.05, 0) is 56.7 Å². The van der Waals surface area contributed by atoms with E-state index in [1.165, 1.54) is 0 Å². The van der Waals surface area contributed by atoms with Crippen LogP contribution < -0.4 is 20.3 Å². The predicted octanol–water partition coefficient (Wildman–Crippen LogP) is 4.16. The lowest BCUT2D eigenvalue weighted by atomic mass is 10.2. The molecule has 0 saturated carbocycles. The van der Waals surface area contributed by atoms with E-state index in [4.69, 9.17) is 9.47 Å². The summed E-state index contributed by atoms with van der Waals surface area (Å²) in [6.45, 7) is 5.90. The molecule has 0 aliphatic carbocycles. The van der Waals surface area contributed by atoms with Crippen molar-refractivity contribution in [2.45, 2.75) is 45.8 Å². The molecule has 5 heteroatoms.